The lowest BCUT2D eigenvalue weighted by atomic mass is 9.94. The number of urea groups is 1. The van der Waals surface area contributed by atoms with Crippen molar-refractivity contribution in [3.63, 3.8) is 0 Å². The highest BCUT2D eigenvalue weighted by atomic mass is 35.5. The van der Waals surface area contributed by atoms with Crippen LogP contribution in [0.5, 0.6) is 5.75 Å². The van der Waals surface area contributed by atoms with Crippen molar-refractivity contribution >= 4 is 29.0 Å². The van der Waals surface area contributed by atoms with E-state index in [0.717, 1.165) is 18.8 Å². The SMILES string of the molecule is CNC(=O)N1N=C(c2ccc(N3CCC(O)CC3)cc2)c2cc(Cl)c(OC(F)(F)F)cc2CC1C. The third kappa shape index (κ3) is 5.65. The van der Waals surface area contributed by atoms with Crippen LogP contribution in [0.15, 0.2) is 41.5 Å². The van der Waals surface area contributed by atoms with E-state index in [-0.39, 0.29) is 17.5 Å². The molecule has 0 spiro atoms. The Hall–Kier alpha value is -2.98. The van der Waals surface area contributed by atoms with Crippen LogP contribution in [0.4, 0.5) is 23.7 Å². The number of hydrogen-bond acceptors (Lipinski definition) is 5. The zero-order chi connectivity index (χ0) is 25.3. The number of carbonyl (C=O) groups excluding carboxylic acids is 1. The first kappa shape index (κ1) is 25.1. The molecule has 0 saturated carbocycles. The summed E-state index contributed by atoms with van der Waals surface area (Å²) in [7, 11) is 1.48. The summed E-state index contributed by atoms with van der Waals surface area (Å²) in [4.78, 5) is 14.7. The van der Waals surface area contributed by atoms with Crippen LogP contribution in [0.1, 0.15) is 36.5 Å². The molecule has 4 rings (SSSR count). The van der Waals surface area contributed by atoms with Crippen LogP contribution in [-0.4, -0.2) is 60.5 Å². The molecule has 1 fully saturated rings. The Kier molecular flexibility index (Phi) is 7.14. The third-order valence-electron chi connectivity index (χ3n) is 6.17. The van der Waals surface area contributed by atoms with Crippen molar-refractivity contribution in [3.05, 3.63) is 58.1 Å². The summed E-state index contributed by atoms with van der Waals surface area (Å²) in [6.07, 6.45) is -3.53. The number of alkyl halides is 3. The molecule has 2 amide bonds. The number of hydrazone groups is 1. The lowest BCUT2D eigenvalue weighted by Crippen LogP contribution is -2.41. The predicted octanol–water partition coefficient (Wildman–Crippen LogP) is 4.54. The lowest BCUT2D eigenvalue weighted by Gasteiger charge is -2.31. The molecule has 188 valence electrons. The molecule has 2 aromatic rings. The van der Waals surface area contributed by atoms with Gasteiger partial charge in [-0.1, -0.05) is 23.7 Å². The molecule has 7 nitrogen and oxygen atoms in total. The fourth-order valence-electron chi connectivity index (χ4n) is 4.38. The fraction of sp³-hybridized carbons (Fsp3) is 0.417. The average Bonchev–Trinajstić information content (AvgIpc) is 2.94. The van der Waals surface area contributed by atoms with Crippen LogP contribution >= 0.6 is 11.6 Å². The highest BCUT2D eigenvalue weighted by Crippen LogP contribution is 2.36. The maximum atomic E-state index is 12.9. The van der Waals surface area contributed by atoms with E-state index in [1.807, 2.05) is 24.3 Å². The minimum absolute atomic E-state index is 0.210. The van der Waals surface area contributed by atoms with Crippen LogP contribution < -0.4 is 15.0 Å². The average molecular weight is 511 g/mol. The molecular formula is C24H26ClF3N4O3. The number of carbonyl (C=O) groups is 1. The van der Waals surface area contributed by atoms with E-state index in [4.69, 9.17) is 11.6 Å². The molecule has 1 atom stereocenters. The Labute approximate surface area is 206 Å². The topological polar surface area (TPSA) is 77.4 Å². The maximum absolute atomic E-state index is 12.9. The van der Waals surface area contributed by atoms with Crippen molar-refractivity contribution in [2.45, 2.75) is 44.7 Å². The van der Waals surface area contributed by atoms with E-state index in [1.54, 1.807) is 6.92 Å². The van der Waals surface area contributed by atoms with Crippen molar-refractivity contribution in [1.29, 1.82) is 0 Å². The number of fused-ring (bicyclic) bond motifs is 1. The number of ether oxygens (including phenoxy) is 1. The van der Waals surface area contributed by atoms with Gasteiger partial charge < -0.3 is 20.1 Å². The quantitative estimate of drug-likeness (QED) is 0.635. The number of amides is 2. The van der Waals surface area contributed by atoms with Gasteiger partial charge in [-0.05, 0) is 56.0 Å². The summed E-state index contributed by atoms with van der Waals surface area (Å²) in [6, 6.07) is 9.35. The Morgan fingerprint density at radius 2 is 1.86 bits per heavy atom. The molecule has 0 aliphatic carbocycles. The first-order valence-electron chi connectivity index (χ1n) is 11.3. The summed E-state index contributed by atoms with van der Waals surface area (Å²) >= 11 is 6.17. The molecule has 0 aromatic heterocycles. The molecule has 0 radical (unpaired) electrons. The van der Waals surface area contributed by atoms with Gasteiger partial charge >= 0.3 is 12.4 Å². The van der Waals surface area contributed by atoms with Crippen LogP contribution in [-0.2, 0) is 6.42 Å². The number of aliphatic hydroxyl groups excluding tert-OH is 1. The zero-order valence-electron chi connectivity index (χ0n) is 19.3. The molecule has 2 aliphatic heterocycles. The monoisotopic (exact) mass is 510 g/mol. The van der Waals surface area contributed by atoms with Crippen molar-refractivity contribution in [2.24, 2.45) is 5.10 Å². The number of benzene rings is 2. The van der Waals surface area contributed by atoms with Crippen LogP contribution in [0.25, 0.3) is 0 Å². The molecule has 0 bridgehead atoms. The largest absolute Gasteiger partial charge is 0.573 e. The van der Waals surface area contributed by atoms with E-state index in [9.17, 15) is 23.1 Å². The number of anilines is 1. The highest BCUT2D eigenvalue weighted by Gasteiger charge is 2.34. The molecule has 2 heterocycles. The molecule has 1 saturated heterocycles. The second-order valence-corrected chi connectivity index (χ2v) is 9.06. The number of rotatable bonds is 3. The maximum Gasteiger partial charge on any atom is 0.573 e. The van der Waals surface area contributed by atoms with Gasteiger partial charge in [-0.3, -0.25) is 0 Å². The smallest absolute Gasteiger partial charge is 0.404 e. The van der Waals surface area contributed by atoms with E-state index in [0.29, 0.717) is 35.2 Å². The van der Waals surface area contributed by atoms with Gasteiger partial charge in [0.15, 0.2) is 0 Å². The van der Waals surface area contributed by atoms with E-state index in [2.05, 4.69) is 20.1 Å². The molecule has 2 aromatic carbocycles. The number of halogens is 4. The number of aliphatic hydroxyl groups is 1. The van der Waals surface area contributed by atoms with Gasteiger partial charge in [-0.2, -0.15) is 5.10 Å². The normalized spacial score (nSPS) is 19.1. The van der Waals surface area contributed by atoms with Crippen LogP contribution in [0, 0.1) is 0 Å². The van der Waals surface area contributed by atoms with E-state index < -0.39 is 24.2 Å². The Balaban J connectivity index is 1.76. The molecule has 2 N–H and O–H groups in total. The first-order valence-corrected chi connectivity index (χ1v) is 11.6. The van der Waals surface area contributed by atoms with Crippen LogP contribution in [0.3, 0.4) is 0 Å². The minimum atomic E-state index is -4.89. The Bertz CT molecular complexity index is 1120. The van der Waals surface area contributed by atoms with Gasteiger partial charge in [0.25, 0.3) is 0 Å². The number of hydrogen-bond donors (Lipinski definition) is 2. The lowest BCUT2D eigenvalue weighted by molar-refractivity contribution is -0.274. The van der Waals surface area contributed by atoms with Crippen molar-refractivity contribution in [3.8, 4) is 5.75 Å². The second-order valence-electron chi connectivity index (χ2n) is 8.65. The van der Waals surface area contributed by atoms with E-state index in [1.165, 1.54) is 24.2 Å². The van der Waals surface area contributed by atoms with Gasteiger partial charge in [-0.15, -0.1) is 13.2 Å². The summed E-state index contributed by atoms with van der Waals surface area (Å²) in [5.41, 5.74) is 3.13. The van der Waals surface area contributed by atoms with Gasteiger partial charge in [0, 0.05) is 37.0 Å². The van der Waals surface area contributed by atoms with Gasteiger partial charge in [0.05, 0.1) is 22.9 Å². The molecule has 11 heteroatoms. The molecule has 1 unspecified atom stereocenters. The highest BCUT2D eigenvalue weighted by molar-refractivity contribution is 6.32. The number of nitrogens with one attached hydrogen (secondary N) is 1. The van der Waals surface area contributed by atoms with Crippen LogP contribution in [0.2, 0.25) is 5.02 Å². The van der Waals surface area contributed by atoms with Gasteiger partial charge in [0.2, 0.25) is 0 Å². The minimum Gasteiger partial charge on any atom is -0.404 e. The van der Waals surface area contributed by atoms with Crippen molar-refractivity contribution in [1.82, 2.24) is 10.3 Å². The second kappa shape index (κ2) is 9.94. The van der Waals surface area contributed by atoms with Crippen molar-refractivity contribution < 1.29 is 27.8 Å². The molecular weight excluding hydrogens is 485 g/mol. The summed E-state index contributed by atoms with van der Waals surface area (Å²) in [5.74, 6) is -0.500. The standard InChI is InChI=1S/C24H26ClF3N4O3/c1-14-11-16-12-21(35-24(26,27)28)20(25)13-19(16)22(30-32(14)23(34)29-2)15-3-5-17(6-4-15)31-9-7-18(33)8-10-31/h3-6,12-14,18,33H,7-11H2,1-2H3,(H,29,34). The summed E-state index contributed by atoms with van der Waals surface area (Å²) in [6.45, 7) is 3.24. The summed E-state index contributed by atoms with van der Waals surface area (Å²) < 4.78 is 42.8. The molecule has 2 aliphatic rings. The Morgan fingerprint density at radius 3 is 2.46 bits per heavy atom. The Morgan fingerprint density at radius 1 is 1.20 bits per heavy atom. The predicted molar refractivity (Wildman–Crippen MR) is 127 cm³/mol. The molecule has 35 heavy (non-hydrogen) atoms. The zero-order valence-corrected chi connectivity index (χ0v) is 20.0. The number of piperidine rings is 1. The first-order chi connectivity index (χ1) is 16.6. The van der Waals surface area contributed by atoms with Crippen molar-refractivity contribution in [2.75, 3.05) is 25.0 Å². The fourth-order valence-corrected chi connectivity index (χ4v) is 4.58. The summed E-state index contributed by atoms with van der Waals surface area (Å²) in [5, 5.41) is 18.0. The third-order valence-corrected chi connectivity index (χ3v) is 6.47. The number of nitrogens with zero attached hydrogens (tertiary/aromatic N) is 3. The van der Waals surface area contributed by atoms with Gasteiger partial charge in [0.1, 0.15) is 5.75 Å². The van der Waals surface area contributed by atoms with Gasteiger partial charge in [-0.25, -0.2) is 9.80 Å². The van der Waals surface area contributed by atoms with E-state index >= 15 is 0 Å².